The summed E-state index contributed by atoms with van der Waals surface area (Å²) in [6, 6.07) is 10.3. The molecule has 6 nitrogen and oxygen atoms in total. The standard InChI is InChI=1S/C21H18F2N4O2/c22-15-7-14(8-16(23)9-15)20-4-6-25-27(20)21(28)26-11-18(12-26)29-17-2-1-13-3-5-24-19(13)10-17/h1-3,5-10,18,20,24H,4,11-12H2/t20-/m0/s1. The molecule has 0 unspecified atom stereocenters. The number of amides is 2. The van der Waals surface area contributed by atoms with Gasteiger partial charge in [-0.25, -0.2) is 18.6 Å². The Morgan fingerprint density at radius 2 is 1.90 bits per heavy atom. The Morgan fingerprint density at radius 3 is 2.69 bits per heavy atom. The first-order valence-electron chi connectivity index (χ1n) is 9.37. The zero-order chi connectivity index (χ0) is 20.0. The summed E-state index contributed by atoms with van der Waals surface area (Å²) in [7, 11) is 0. The first kappa shape index (κ1) is 17.7. The summed E-state index contributed by atoms with van der Waals surface area (Å²) < 4.78 is 33.1. The molecule has 5 rings (SSSR count). The van der Waals surface area contributed by atoms with Crippen LogP contribution in [0.1, 0.15) is 18.0 Å². The average molecular weight is 396 g/mol. The average Bonchev–Trinajstić information content (AvgIpc) is 3.31. The van der Waals surface area contributed by atoms with Gasteiger partial charge >= 0.3 is 6.03 Å². The van der Waals surface area contributed by atoms with Gasteiger partial charge in [-0.05, 0) is 41.3 Å². The van der Waals surface area contributed by atoms with Crippen molar-refractivity contribution in [2.45, 2.75) is 18.6 Å². The molecule has 1 saturated heterocycles. The molecule has 1 atom stereocenters. The maximum absolute atomic E-state index is 13.6. The number of ether oxygens (including phenoxy) is 1. The minimum atomic E-state index is -0.671. The van der Waals surface area contributed by atoms with Crippen molar-refractivity contribution >= 4 is 23.1 Å². The van der Waals surface area contributed by atoms with Gasteiger partial charge in [0.05, 0.1) is 19.1 Å². The lowest BCUT2D eigenvalue weighted by Crippen LogP contribution is -2.58. The topological polar surface area (TPSA) is 60.9 Å². The molecule has 2 aliphatic rings. The number of hydrogen-bond donors (Lipinski definition) is 1. The number of H-pyrrole nitrogens is 1. The molecule has 2 aliphatic heterocycles. The number of hydrogen-bond acceptors (Lipinski definition) is 3. The van der Waals surface area contributed by atoms with E-state index in [-0.39, 0.29) is 12.1 Å². The second kappa shape index (κ2) is 6.88. The van der Waals surface area contributed by atoms with Gasteiger partial charge in [0.15, 0.2) is 0 Å². The Balaban J connectivity index is 1.23. The molecule has 0 aliphatic carbocycles. The quantitative estimate of drug-likeness (QED) is 0.726. The van der Waals surface area contributed by atoms with Crippen molar-refractivity contribution in [2.75, 3.05) is 13.1 Å². The molecule has 1 fully saturated rings. The van der Waals surface area contributed by atoms with E-state index in [1.807, 2.05) is 30.5 Å². The number of carbonyl (C=O) groups excluding carboxylic acids is 1. The molecule has 0 saturated carbocycles. The minimum absolute atomic E-state index is 0.108. The zero-order valence-corrected chi connectivity index (χ0v) is 15.4. The molecule has 2 aromatic carbocycles. The van der Waals surface area contributed by atoms with Gasteiger partial charge in [-0.3, -0.25) is 0 Å². The summed E-state index contributed by atoms with van der Waals surface area (Å²) in [5, 5.41) is 6.51. The number of hydrazone groups is 1. The maximum atomic E-state index is 13.6. The zero-order valence-electron chi connectivity index (χ0n) is 15.4. The first-order valence-corrected chi connectivity index (χ1v) is 9.37. The van der Waals surface area contributed by atoms with Crippen molar-refractivity contribution in [1.29, 1.82) is 0 Å². The van der Waals surface area contributed by atoms with Crippen LogP contribution >= 0.6 is 0 Å². The summed E-state index contributed by atoms with van der Waals surface area (Å²) in [5.74, 6) is -0.601. The van der Waals surface area contributed by atoms with Crippen LogP contribution in [0.25, 0.3) is 10.9 Å². The number of likely N-dealkylation sites (tertiary alicyclic amines) is 1. The number of benzene rings is 2. The smallest absolute Gasteiger partial charge is 0.341 e. The van der Waals surface area contributed by atoms with Crippen molar-refractivity contribution < 1.29 is 18.3 Å². The van der Waals surface area contributed by atoms with Crippen LogP contribution in [0, 0.1) is 11.6 Å². The molecule has 3 heterocycles. The highest BCUT2D eigenvalue weighted by atomic mass is 19.1. The van der Waals surface area contributed by atoms with Crippen LogP contribution in [-0.2, 0) is 0 Å². The van der Waals surface area contributed by atoms with Gasteiger partial charge < -0.3 is 14.6 Å². The number of nitrogens with one attached hydrogen (secondary N) is 1. The number of rotatable bonds is 3. The molecular formula is C21H18F2N4O2. The van der Waals surface area contributed by atoms with E-state index < -0.39 is 17.7 Å². The van der Waals surface area contributed by atoms with E-state index in [1.54, 1.807) is 11.1 Å². The largest absolute Gasteiger partial charge is 0.487 e. The molecule has 8 heteroatoms. The molecule has 0 bridgehead atoms. The molecule has 1 N–H and O–H groups in total. The number of urea groups is 1. The predicted molar refractivity (Wildman–Crippen MR) is 104 cm³/mol. The van der Waals surface area contributed by atoms with Gasteiger partial charge in [0.25, 0.3) is 0 Å². The molecule has 3 aromatic rings. The van der Waals surface area contributed by atoms with Crippen molar-refractivity contribution in [3.05, 3.63) is 65.9 Å². The van der Waals surface area contributed by atoms with E-state index in [9.17, 15) is 13.6 Å². The SMILES string of the molecule is O=C(N1CC(Oc2ccc3cc[nH]c3c2)C1)N1N=CC[C@H]1c1cc(F)cc(F)c1. The number of aromatic nitrogens is 1. The Bertz CT molecular complexity index is 1090. The Hall–Kier alpha value is -3.42. The predicted octanol–water partition coefficient (Wildman–Crippen LogP) is 4.06. The number of halogens is 2. The lowest BCUT2D eigenvalue weighted by molar-refractivity contribution is 0.0278. The first-order chi connectivity index (χ1) is 14.1. The molecule has 0 radical (unpaired) electrons. The minimum Gasteiger partial charge on any atom is -0.487 e. The van der Waals surface area contributed by atoms with E-state index >= 15 is 0 Å². The van der Waals surface area contributed by atoms with E-state index in [2.05, 4.69) is 10.1 Å². The molecule has 2 amide bonds. The van der Waals surface area contributed by atoms with Crippen LogP contribution in [0.4, 0.5) is 13.6 Å². The van der Waals surface area contributed by atoms with Crippen LogP contribution < -0.4 is 4.74 Å². The highest BCUT2D eigenvalue weighted by Crippen LogP contribution is 2.31. The second-order valence-corrected chi connectivity index (χ2v) is 7.25. The number of fused-ring (bicyclic) bond motifs is 1. The van der Waals surface area contributed by atoms with Crippen LogP contribution in [0.3, 0.4) is 0 Å². The monoisotopic (exact) mass is 396 g/mol. The molecule has 148 valence electrons. The molecule has 0 spiro atoms. The van der Waals surface area contributed by atoms with Gasteiger partial charge in [0, 0.05) is 36.5 Å². The van der Waals surface area contributed by atoms with E-state index in [1.165, 1.54) is 17.1 Å². The van der Waals surface area contributed by atoms with Gasteiger partial charge in [-0.2, -0.15) is 5.10 Å². The third-order valence-electron chi connectivity index (χ3n) is 5.24. The molecule has 29 heavy (non-hydrogen) atoms. The van der Waals surface area contributed by atoms with Gasteiger partial charge in [0.1, 0.15) is 23.5 Å². The van der Waals surface area contributed by atoms with Crippen molar-refractivity contribution in [1.82, 2.24) is 14.9 Å². The van der Waals surface area contributed by atoms with E-state index in [0.717, 1.165) is 22.7 Å². The van der Waals surface area contributed by atoms with E-state index in [4.69, 9.17) is 4.74 Å². The third-order valence-corrected chi connectivity index (χ3v) is 5.24. The number of nitrogens with zero attached hydrogens (tertiary/aromatic N) is 3. The summed E-state index contributed by atoms with van der Waals surface area (Å²) in [5.41, 5.74) is 1.38. The van der Waals surface area contributed by atoms with Gasteiger partial charge in [0.2, 0.25) is 0 Å². The third kappa shape index (κ3) is 3.30. The number of aromatic amines is 1. The molecular weight excluding hydrogens is 378 g/mol. The normalized spacial score (nSPS) is 19.0. The van der Waals surface area contributed by atoms with Gasteiger partial charge in [-0.15, -0.1) is 0 Å². The summed E-state index contributed by atoms with van der Waals surface area (Å²) in [4.78, 5) is 17.6. The van der Waals surface area contributed by atoms with E-state index in [0.29, 0.717) is 25.1 Å². The van der Waals surface area contributed by atoms with Crippen molar-refractivity contribution in [2.24, 2.45) is 5.10 Å². The Morgan fingerprint density at radius 1 is 1.10 bits per heavy atom. The van der Waals surface area contributed by atoms with Crippen LogP contribution in [0.2, 0.25) is 0 Å². The maximum Gasteiger partial charge on any atom is 0.341 e. The highest BCUT2D eigenvalue weighted by molar-refractivity contribution is 5.81. The highest BCUT2D eigenvalue weighted by Gasteiger charge is 2.39. The fourth-order valence-corrected chi connectivity index (χ4v) is 3.75. The summed E-state index contributed by atoms with van der Waals surface area (Å²) in [6.45, 7) is 0.857. The van der Waals surface area contributed by atoms with Crippen LogP contribution in [-0.4, -0.2) is 46.3 Å². The molecule has 1 aromatic heterocycles. The van der Waals surface area contributed by atoms with Crippen LogP contribution in [0.15, 0.2) is 53.8 Å². The van der Waals surface area contributed by atoms with Crippen molar-refractivity contribution in [3.8, 4) is 5.75 Å². The fourth-order valence-electron chi connectivity index (χ4n) is 3.75. The fraction of sp³-hybridized carbons (Fsp3) is 0.238. The Labute approximate surface area is 165 Å². The lowest BCUT2D eigenvalue weighted by atomic mass is 10.0. The summed E-state index contributed by atoms with van der Waals surface area (Å²) >= 11 is 0. The van der Waals surface area contributed by atoms with Crippen molar-refractivity contribution in [3.63, 3.8) is 0 Å². The second-order valence-electron chi connectivity index (χ2n) is 7.25. The van der Waals surface area contributed by atoms with Gasteiger partial charge in [-0.1, -0.05) is 0 Å². The lowest BCUT2D eigenvalue weighted by Gasteiger charge is -2.41. The summed E-state index contributed by atoms with van der Waals surface area (Å²) in [6.07, 6.45) is 3.77. The number of carbonyl (C=O) groups is 1. The van der Waals surface area contributed by atoms with Crippen LogP contribution in [0.5, 0.6) is 5.75 Å². The Kier molecular flexibility index (Phi) is 4.19.